The summed E-state index contributed by atoms with van der Waals surface area (Å²) in [5, 5.41) is 5.09. The van der Waals surface area contributed by atoms with Crippen LogP contribution in [0.4, 0.5) is 0 Å². The van der Waals surface area contributed by atoms with Crippen LogP contribution >= 0.6 is 0 Å². The van der Waals surface area contributed by atoms with Gasteiger partial charge in [0.1, 0.15) is 9.84 Å². The third-order valence-electron chi connectivity index (χ3n) is 2.50. The maximum absolute atomic E-state index is 11.5. The molecule has 1 saturated carbocycles. The highest BCUT2D eigenvalue weighted by atomic mass is 32.2. The lowest BCUT2D eigenvalue weighted by Gasteiger charge is -2.11. The highest BCUT2D eigenvalue weighted by molar-refractivity contribution is 7.90. The molecule has 1 aliphatic rings. The van der Waals surface area contributed by atoms with Crippen molar-refractivity contribution in [2.75, 3.05) is 18.6 Å². The first-order chi connectivity index (χ1) is 8.28. The average molecular weight is 277 g/mol. The Morgan fingerprint density at radius 2 is 2.00 bits per heavy atom. The van der Waals surface area contributed by atoms with Gasteiger partial charge in [-0.3, -0.25) is 9.59 Å². The Hall–Kier alpha value is -1.15. The summed E-state index contributed by atoms with van der Waals surface area (Å²) in [4.78, 5) is 22.7. The monoisotopic (exact) mass is 277 g/mol. The molecule has 0 radical (unpaired) electrons. The van der Waals surface area contributed by atoms with E-state index in [0.717, 1.165) is 19.1 Å². The number of rotatable bonds is 7. The Kier molecular flexibility index (Phi) is 5.09. The minimum Gasteiger partial charge on any atom is -0.352 e. The maximum Gasteiger partial charge on any atom is 0.239 e. The van der Waals surface area contributed by atoms with Crippen LogP contribution in [0.15, 0.2) is 0 Å². The Morgan fingerprint density at radius 3 is 2.50 bits per heavy atom. The van der Waals surface area contributed by atoms with Gasteiger partial charge in [0.15, 0.2) is 0 Å². The fourth-order valence-corrected chi connectivity index (χ4v) is 1.96. The number of amides is 2. The molecule has 1 unspecified atom stereocenters. The molecule has 2 amide bonds. The summed E-state index contributed by atoms with van der Waals surface area (Å²) in [6, 6.07) is -0.665. The van der Waals surface area contributed by atoms with Gasteiger partial charge in [-0.05, 0) is 19.3 Å². The van der Waals surface area contributed by atoms with Gasteiger partial charge in [-0.25, -0.2) is 8.42 Å². The van der Waals surface area contributed by atoms with E-state index in [-0.39, 0.29) is 30.7 Å². The van der Waals surface area contributed by atoms with Crippen LogP contribution < -0.4 is 16.4 Å². The third-order valence-corrected chi connectivity index (χ3v) is 3.48. The molecular weight excluding hydrogens is 258 g/mol. The predicted octanol–water partition coefficient (Wildman–Crippen LogP) is -1.86. The molecule has 0 aromatic carbocycles. The summed E-state index contributed by atoms with van der Waals surface area (Å²) in [7, 11) is -3.13. The summed E-state index contributed by atoms with van der Waals surface area (Å²) < 4.78 is 21.8. The Morgan fingerprint density at radius 1 is 1.39 bits per heavy atom. The molecule has 0 heterocycles. The number of hydrogen-bond acceptors (Lipinski definition) is 5. The van der Waals surface area contributed by atoms with Crippen molar-refractivity contribution in [1.29, 1.82) is 0 Å². The summed E-state index contributed by atoms with van der Waals surface area (Å²) >= 11 is 0. The molecule has 1 rings (SSSR count). The first-order valence-electron chi connectivity index (χ1n) is 5.78. The second kappa shape index (κ2) is 6.14. The summed E-state index contributed by atoms with van der Waals surface area (Å²) in [5.74, 6) is -0.902. The summed E-state index contributed by atoms with van der Waals surface area (Å²) in [5.41, 5.74) is 5.52. The largest absolute Gasteiger partial charge is 0.352 e. The predicted molar refractivity (Wildman–Crippen MR) is 66.5 cm³/mol. The van der Waals surface area contributed by atoms with Crippen molar-refractivity contribution in [3.05, 3.63) is 0 Å². The molecule has 7 nitrogen and oxygen atoms in total. The van der Waals surface area contributed by atoms with Crippen molar-refractivity contribution in [3.63, 3.8) is 0 Å². The molecule has 18 heavy (non-hydrogen) atoms. The van der Waals surface area contributed by atoms with Gasteiger partial charge >= 0.3 is 0 Å². The van der Waals surface area contributed by atoms with Crippen LogP contribution in [0, 0.1) is 0 Å². The van der Waals surface area contributed by atoms with Crippen LogP contribution in [0.3, 0.4) is 0 Å². The van der Waals surface area contributed by atoms with Crippen LogP contribution in [0.2, 0.25) is 0 Å². The first-order valence-corrected chi connectivity index (χ1v) is 7.84. The number of hydrogen-bond donors (Lipinski definition) is 3. The lowest BCUT2D eigenvalue weighted by molar-refractivity contribution is -0.126. The van der Waals surface area contributed by atoms with E-state index in [2.05, 4.69) is 10.6 Å². The fourth-order valence-electron chi connectivity index (χ4n) is 1.28. The fraction of sp³-hybridized carbons (Fsp3) is 0.800. The van der Waals surface area contributed by atoms with Gasteiger partial charge < -0.3 is 16.4 Å². The molecule has 4 N–H and O–H groups in total. The van der Waals surface area contributed by atoms with Gasteiger partial charge in [-0.15, -0.1) is 0 Å². The van der Waals surface area contributed by atoms with E-state index in [1.54, 1.807) is 0 Å². The van der Waals surface area contributed by atoms with Gasteiger partial charge in [-0.1, -0.05) is 0 Å². The van der Waals surface area contributed by atoms with Crippen molar-refractivity contribution >= 4 is 21.7 Å². The molecule has 1 aliphatic carbocycles. The lowest BCUT2D eigenvalue weighted by Crippen LogP contribution is -2.45. The molecule has 1 fully saturated rings. The zero-order chi connectivity index (χ0) is 13.8. The first kappa shape index (κ1) is 14.9. The Bertz CT molecular complexity index is 417. The zero-order valence-electron chi connectivity index (χ0n) is 10.3. The van der Waals surface area contributed by atoms with Crippen LogP contribution in [-0.4, -0.2) is 50.9 Å². The highest BCUT2D eigenvalue weighted by Gasteiger charge is 2.23. The van der Waals surface area contributed by atoms with Crippen LogP contribution in [0.25, 0.3) is 0 Å². The van der Waals surface area contributed by atoms with E-state index in [9.17, 15) is 18.0 Å². The minimum absolute atomic E-state index is 0.0505. The van der Waals surface area contributed by atoms with Crippen LogP contribution in [0.5, 0.6) is 0 Å². The normalized spacial score (nSPS) is 17.0. The quantitative estimate of drug-likeness (QED) is 0.504. The standard InChI is InChI=1S/C10H19N3O4S/c1-18(16,17)5-4-8(11)10(15)12-6-9(14)13-7-2-3-7/h7-8H,2-6,11H2,1H3,(H,12,15)(H,13,14). The molecule has 104 valence electrons. The topological polar surface area (TPSA) is 118 Å². The van der Waals surface area contributed by atoms with Gasteiger partial charge in [0.2, 0.25) is 11.8 Å². The molecule has 0 aliphatic heterocycles. The second-order valence-corrected chi connectivity index (χ2v) is 6.84. The number of nitrogens with two attached hydrogens (primary N) is 1. The Balaban J connectivity index is 2.20. The van der Waals surface area contributed by atoms with E-state index < -0.39 is 21.8 Å². The van der Waals surface area contributed by atoms with Crippen molar-refractivity contribution in [3.8, 4) is 0 Å². The van der Waals surface area contributed by atoms with Crippen molar-refractivity contribution in [1.82, 2.24) is 10.6 Å². The molecule has 8 heteroatoms. The molecule has 0 aromatic rings. The van der Waals surface area contributed by atoms with E-state index in [1.807, 2.05) is 0 Å². The summed E-state index contributed by atoms with van der Waals surface area (Å²) in [6.07, 6.45) is 3.09. The van der Waals surface area contributed by atoms with E-state index >= 15 is 0 Å². The van der Waals surface area contributed by atoms with Gasteiger partial charge in [0.25, 0.3) is 0 Å². The zero-order valence-corrected chi connectivity index (χ0v) is 11.1. The smallest absolute Gasteiger partial charge is 0.239 e. The van der Waals surface area contributed by atoms with E-state index in [4.69, 9.17) is 5.73 Å². The van der Waals surface area contributed by atoms with Gasteiger partial charge in [0, 0.05) is 12.3 Å². The second-order valence-electron chi connectivity index (χ2n) is 4.58. The highest BCUT2D eigenvalue weighted by Crippen LogP contribution is 2.18. The van der Waals surface area contributed by atoms with Crippen molar-refractivity contribution in [2.24, 2.45) is 5.73 Å². The minimum atomic E-state index is -3.13. The van der Waals surface area contributed by atoms with E-state index in [1.165, 1.54) is 0 Å². The molecule has 0 aromatic heterocycles. The lowest BCUT2D eigenvalue weighted by atomic mass is 10.2. The summed E-state index contributed by atoms with van der Waals surface area (Å²) in [6.45, 7) is -0.123. The van der Waals surface area contributed by atoms with Crippen LogP contribution in [-0.2, 0) is 19.4 Å². The van der Waals surface area contributed by atoms with Crippen molar-refractivity contribution in [2.45, 2.75) is 31.3 Å². The average Bonchev–Trinajstić information content (AvgIpc) is 3.05. The van der Waals surface area contributed by atoms with E-state index in [0.29, 0.717) is 0 Å². The molecule has 0 saturated heterocycles. The van der Waals surface area contributed by atoms with Gasteiger partial charge in [0.05, 0.1) is 18.3 Å². The molecule has 0 bridgehead atoms. The number of nitrogens with one attached hydrogen (secondary N) is 2. The third kappa shape index (κ3) is 6.55. The SMILES string of the molecule is CS(=O)(=O)CCC(N)C(=O)NCC(=O)NC1CC1. The Labute approximate surface area is 106 Å². The molecular formula is C10H19N3O4S. The van der Waals surface area contributed by atoms with Crippen LogP contribution in [0.1, 0.15) is 19.3 Å². The molecule has 0 spiro atoms. The van der Waals surface area contributed by atoms with Crippen molar-refractivity contribution < 1.29 is 18.0 Å². The van der Waals surface area contributed by atoms with Gasteiger partial charge in [-0.2, -0.15) is 0 Å². The maximum atomic E-state index is 11.5. The number of carbonyl (C=O) groups is 2. The molecule has 1 atom stereocenters. The number of carbonyl (C=O) groups excluding carboxylic acids is 2. The number of sulfone groups is 1.